The van der Waals surface area contributed by atoms with E-state index in [4.69, 9.17) is 40.2 Å². The van der Waals surface area contributed by atoms with Crippen LogP contribution in [0.1, 0.15) is 21.5 Å². The molecule has 166 valence electrons. The Hall–Kier alpha value is -2.84. The molecule has 3 aromatic rings. The van der Waals surface area contributed by atoms with Crippen molar-refractivity contribution in [2.45, 2.75) is 6.61 Å². The van der Waals surface area contributed by atoms with Crippen molar-refractivity contribution in [3.63, 3.8) is 0 Å². The lowest BCUT2D eigenvalue weighted by molar-refractivity contribution is -0.123. The van der Waals surface area contributed by atoms with E-state index in [1.807, 2.05) is 48.5 Å². The number of nitrogens with zero attached hydrogens (tertiary/aromatic N) is 1. The largest absolute Gasteiger partial charge is 0.489 e. The molecule has 9 heteroatoms. The molecule has 0 unspecified atom stereocenters. The van der Waals surface area contributed by atoms with Crippen LogP contribution in [0, 0.1) is 0 Å². The van der Waals surface area contributed by atoms with Crippen molar-refractivity contribution in [3.8, 4) is 5.75 Å². The number of amides is 2. The molecule has 4 rings (SSSR count). The van der Waals surface area contributed by atoms with Crippen molar-refractivity contribution in [1.82, 2.24) is 10.4 Å². The van der Waals surface area contributed by atoms with Crippen LogP contribution < -0.4 is 10.2 Å². The fraction of sp³-hybridized carbons (Fsp3) is 0.0417. The number of halogens is 2. The number of benzene rings is 3. The lowest BCUT2D eigenvalue weighted by Gasteiger charge is -2.15. The number of thiocarbonyl (C=S) groups is 1. The van der Waals surface area contributed by atoms with Gasteiger partial charge in [0.1, 0.15) is 12.4 Å². The molecule has 0 radical (unpaired) electrons. The fourth-order valence-corrected chi connectivity index (χ4v) is 4.54. The normalized spacial score (nSPS) is 14.6. The Kier molecular flexibility index (Phi) is 7.35. The third-order valence-corrected chi connectivity index (χ3v) is 6.51. The zero-order valence-electron chi connectivity index (χ0n) is 17.0. The Bertz CT molecular complexity index is 1280. The van der Waals surface area contributed by atoms with E-state index >= 15 is 0 Å². The maximum Gasteiger partial charge on any atom is 0.285 e. The molecule has 1 saturated heterocycles. The molecule has 0 saturated carbocycles. The second kappa shape index (κ2) is 10.4. The first-order valence-electron chi connectivity index (χ1n) is 9.71. The molecule has 1 aliphatic rings. The summed E-state index contributed by atoms with van der Waals surface area (Å²) in [6.07, 6.45) is 1.70. The van der Waals surface area contributed by atoms with Crippen LogP contribution in [0.5, 0.6) is 5.75 Å². The standard InChI is InChI=1S/C24H16Cl2N2O3S2/c25-18-8-4-7-16(13-18)22(29)27-28-23(30)21(33-24(28)32)12-15-5-3-9-19(11-15)31-14-17-6-1-2-10-20(17)26/h1-13H,14H2,(H,27,29)/b21-12+. The lowest BCUT2D eigenvalue weighted by atomic mass is 10.2. The van der Waals surface area contributed by atoms with E-state index in [2.05, 4.69) is 5.43 Å². The number of nitrogens with one attached hydrogen (secondary N) is 1. The summed E-state index contributed by atoms with van der Waals surface area (Å²) in [6, 6.07) is 21.2. The Balaban J connectivity index is 1.45. The number of carbonyl (C=O) groups is 2. The average molecular weight is 515 g/mol. The number of thioether (sulfide) groups is 1. The van der Waals surface area contributed by atoms with Gasteiger partial charge in [0.25, 0.3) is 11.8 Å². The quantitative estimate of drug-likeness (QED) is 0.317. The van der Waals surface area contributed by atoms with Crippen LogP contribution in [0.3, 0.4) is 0 Å². The Labute approximate surface area is 210 Å². The first-order valence-corrected chi connectivity index (χ1v) is 11.7. The average Bonchev–Trinajstić information content (AvgIpc) is 3.06. The number of rotatable bonds is 6. The van der Waals surface area contributed by atoms with Gasteiger partial charge in [0, 0.05) is 21.2 Å². The van der Waals surface area contributed by atoms with Crippen LogP contribution in [0.25, 0.3) is 6.08 Å². The number of hydrogen-bond acceptors (Lipinski definition) is 5. The molecule has 0 aliphatic carbocycles. The zero-order chi connectivity index (χ0) is 23.4. The molecule has 0 spiro atoms. The Morgan fingerprint density at radius 1 is 1.06 bits per heavy atom. The summed E-state index contributed by atoms with van der Waals surface area (Å²) in [6.45, 7) is 0.320. The van der Waals surface area contributed by atoms with Crippen LogP contribution >= 0.6 is 47.2 Å². The number of hydrogen-bond donors (Lipinski definition) is 1. The molecule has 33 heavy (non-hydrogen) atoms. The lowest BCUT2D eigenvalue weighted by Crippen LogP contribution is -2.44. The van der Waals surface area contributed by atoms with Gasteiger partial charge in [-0.25, -0.2) is 0 Å². The van der Waals surface area contributed by atoms with Gasteiger partial charge in [0.15, 0.2) is 4.32 Å². The highest BCUT2D eigenvalue weighted by Crippen LogP contribution is 2.32. The van der Waals surface area contributed by atoms with E-state index in [0.717, 1.165) is 27.9 Å². The molecule has 3 aromatic carbocycles. The van der Waals surface area contributed by atoms with Crippen molar-refractivity contribution >= 4 is 69.4 Å². The van der Waals surface area contributed by atoms with Crippen LogP contribution in [0.2, 0.25) is 10.0 Å². The minimum absolute atomic E-state index is 0.229. The van der Waals surface area contributed by atoms with Gasteiger partial charge in [-0.15, -0.1) is 0 Å². The van der Waals surface area contributed by atoms with Crippen LogP contribution in [0.4, 0.5) is 0 Å². The summed E-state index contributed by atoms with van der Waals surface area (Å²) in [7, 11) is 0. The van der Waals surface area contributed by atoms with Gasteiger partial charge in [0.2, 0.25) is 0 Å². The fourth-order valence-electron chi connectivity index (χ4n) is 2.98. The molecule has 0 aromatic heterocycles. The third-order valence-electron chi connectivity index (χ3n) is 4.60. The second-order valence-electron chi connectivity index (χ2n) is 6.92. The first kappa shape index (κ1) is 23.3. The summed E-state index contributed by atoms with van der Waals surface area (Å²) in [5.41, 5.74) is 4.50. The Morgan fingerprint density at radius 2 is 1.85 bits per heavy atom. The van der Waals surface area contributed by atoms with Crippen molar-refractivity contribution in [1.29, 1.82) is 0 Å². The summed E-state index contributed by atoms with van der Waals surface area (Å²) in [4.78, 5) is 25.7. The highest BCUT2D eigenvalue weighted by molar-refractivity contribution is 8.26. The highest BCUT2D eigenvalue weighted by Gasteiger charge is 2.33. The maximum atomic E-state index is 12.8. The van der Waals surface area contributed by atoms with Crippen LogP contribution in [0.15, 0.2) is 77.7 Å². The summed E-state index contributed by atoms with van der Waals surface area (Å²) in [5, 5.41) is 2.12. The summed E-state index contributed by atoms with van der Waals surface area (Å²) in [5.74, 6) is -0.263. The van der Waals surface area contributed by atoms with Crippen molar-refractivity contribution < 1.29 is 14.3 Å². The van der Waals surface area contributed by atoms with Gasteiger partial charge >= 0.3 is 0 Å². The number of carbonyl (C=O) groups excluding carboxylic acids is 2. The molecule has 0 atom stereocenters. The predicted octanol–water partition coefficient (Wildman–Crippen LogP) is 6.12. The van der Waals surface area contributed by atoms with Crippen molar-refractivity contribution in [2.75, 3.05) is 0 Å². The van der Waals surface area contributed by atoms with Gasteiger partial charge in [-0.05, 0) is 60.3 Å². The topological polar surface area (TPSA) is 58.6 Å². The van der Waals surface area contributed by atoms with Crippen LogP contribution in [-0.2, 0) is 11.4 Å². The molecule has 1 heterocycles. The summed E-state index contributed by atoms with van der Waals surface area (Å²) < 4.78 is 6.08. The SMILES string of the molecule is O=C(NN1C(=O)/C(=C\c2cccc(OCc3ccccc3Cl)c2)SC1=S)c1cccc(Cl)c1. The minimum atomic E-state index is -0.481. The van der Waals surface area contributed by atoms with Gasteiger partial charge in [-0.1, -0.05) is 71.4 Å². The number of ether oxygens (including phenoxy) is 1. The van der Waals surface area contributed by atoms with Crippen LogP contribution in [-0.4, -0.2) is 21.1 Å². The van der Waals surface area contributed by atoms with E-state index in [1.54, 1.807) is 24.3 Å². The van der Waals surface area contributed by atoms with Gasteiger partial charge < -0.3 is 4.74 Å². The Morgan fingerprint density at radius 3 is 2.64 bits per heavy atom. The van der Waals surface area contributed by atoms with E-state index < -0.39 is 11.8 Å². The summed E-state index contributed by atoms with van der Waals surface area (Å²) >= 11 is 18.5. The van der Waals surface area contributed by atoms with E-state index in [-0.39, 0.29) is 4.32 Å². The second-order valence-corrected chi connectivity index (χ2v) is 9.44. The smallest absolute Gasteiger partial charge is 0.285 e. The predicted molar refractivity (Wildman–Crippen MR) is 136 cm³/mol. The monoisotopic (exact) mass is 514 g/mol. The van der Waals surface area contributed by atoms with Crippen molar-refractivity contribution in [3.05, 3.63) is 104 Å². The van der Waals surface area contributed by atoms with E-state index in [1.165, 1.54) is 6.07 Å². The molecule has 0 bridgehead atoms. The van der Waals surface area contributed by atoms with E-state index in [0.29, 0.717) is 32.9 Å². The van der Waals surface area contributed by atoms with Gasteiger partial charge in [0.05, 0.1) is 4.91 Å². The third kappa shape index (κ3) is 5.75. The van der Waals surface area contributed by atoms with Gasteiger partial charge in [-0.2, -0.15) is 5.01 Å². The van der Waals surface area contributed by atoms with Gasteiger partial charge in [-0.3, -0.25) is 15.0 Å². The first-order chi connectivity index (χ1) is 15.9. The molecule has 5 nitrogen and oxygen atoms in total. The maximum absolute atomic E-state index is 12.8. The molecule has 1 aliphatic heterocycles. The molecular weight excluding hydrogens is 499 g/mol. The highest BCUT2D eigenvalue weighted by atomic mass is 35.5. The minimum Gasteiger partial charge on any atom is -0.489 e. The van der Waals surface area contributed by atoms with Crippen molar-refractivity contribution in [2.24, 2.45) is 0 Å². The molecule has 2 amide bonds. The molecule has 1 fully saturated rings. The molecule has 1 N–H and O–H groups in total. The number of hydrazine groups is 1. The van der Waals surface area contributed by atoms with E-state index in [9.17, 15) is 9.59 Å². The zero-order valence-corrected chi connectivity index (χ0v) is 20.1. The molecular formula is C24H16Cl2N2O3S2.